The molecule has 2 aromatic heterocycles. The van der Waals surface area contributed by atoms with Crippen LogP contribution < -0.4 is 14.4 Å². The molecule has 4 rings (SSSR count). The third-order valence-electron chi connectivity index (χ3n) is 3.80. The Labute approximate surface area is 141 Å². The van der Waals surface area contributed by atoms with Crippen molar-refractivity contribution in [2.45, 2.75) is 6.10 Å². The first-order valence-electron chi connectivity index (χ1n) is 7.33. The molecule has 0 fully saturated rings. The summed E-state index contributed by atoms with van der Waals surface area (Å²) in [7, 11) is 1.77. The van der Waals surface area contributed by atoms with Gasteiger partial charge in [-0.25, -0.2) is 0 Å². The summed E-state index contributed by atoms with van der Waals surface area (Å²) in [6, 6.07) is 7.46. The SMILES string of the molecule is CN(C[C@@H]1COc2ccccc2O1)c1nc2sccn2c1[N+](=O)[O-]. The highest BCUT2D eigenvalue weighted by atomic mass is 32.1. The first kappa shape index (κ1) is 14.8. The summed E-state index contributed by atoms with van der Waals surface area (Å²) in [5.74, 6) is 1.69. The van der Waals surface area contributed by atoms with Crippen LogP contribution >= 0.6 is 11.3 Å². The van der Waals surface area contributed by atoms with Gasteiger partial charge in [-0.15, -0.1) is 0 Å². The van der Waals surface area contributed by atoms with Gasteiger partial charge in [0.15, 0.2) is 17.6 Å². The summed E-state index contributed by atoms with van der Waals surface area (Å²) in [6.07, 6.45) is 1.42. The van der Waals surface area contributed by atoms with E-state index in [9.17, 15) is 10.1 Å². The van der Waals surface area contributed by atoms with E-state index in [1.165, 1.54) is 15.7 Å². The standard InChI is InChI=1S/C15H14N4O4S/c1-17(8-10-9-22-11-4-2-3-5-12(11)23-10)13-14(19(20)21)18-6-7-24-15(18)16-13/h2-7,10H,8-9H2,1H3/t10-/m1/s1. The van der Waals surface area contributed by atoms with Crippen LogP contribution in [0.25, 0.3) is 4.96 Å². The molecule has 3 heterocycles. The molecule has 0 amide bonds. The van der Waals surface area contributed by atoms with Crippen molar-refractivity contribution in [3.63, 3.8) is 0 Å². The maximum atomic E-state index is 11.4. The molecule has 1 aliphatic heterocycles. The van der Waals surface area contributed by atoms with Gasteiger partial charge in [-0.3, -0.25) is 0 Å². The second-order valence-electron chi connectivity index (χ2n) is 5.45. The monoisotopic (exact) mass is 346 g/mol. The molecule has 0 radical (unpaired) electrons. The molecule has 1 atom stereocenters. The molecule has 0 bridgehead atoms. The number of hydrogen-bond acceptors (Lipinski definition) is 7. The van der Waals surface area contributed by atoms with E-state index in [0.29, 0.717) is 35.4 Å². The number of rotatable bonds is 4. The number of hydrogen-bond donors (Lipinski definition) is 0. The van der Waals surface area contributed by atoms with E-state index in [-0.39, 0.29) is 11.9 Å². The molecule has 24 heavy (non-hydrogen) atoms. The second kappa shape index (κ2) is 5.68. The Morgan fingerprint density at radius 2 is 2.25 bits per heavy atom. The van der Waals surface area contributed by atoms with Crippen LogP contribution in [0.2, 0.25) is 0 Å². The molecule has 0 saturated carbocycles. The maximum absolute atomic E-state index is 11.4. The molecule has 0 spiro atoms. The van der Waals surface area contributed by atoms with E-state index in [1.54, 1.807) is 23.5 Å². The van der Waals surface area contributed by atoms with Crippen molar-refractivity contribution < 1.29 is 14.4 Å². The van der Waals surface area contributed by atoms with Crippen molar-refractivity contribution in [3.8, 4) is 11.5 Å². The molecule has 0 aliphatic carbocycles. The smallest absolute Gasteiger partial charge is 0.373 e. The number of nitro groups is 1. The first-order valence-corrected chi connectivity index (χ1v) is 8.21. The van der Waals surface area contributed by atoms with Gasteiger partial charge < -0.3 is 24.5 Å². The van der Waals surface area contributed by atoms with Crippen molar-refractivity contribution in [2.75, 3.05) is 25.1 Å². The average Bonchev–Trinajstić information content (AvgIpc) is 3.15. The Hall–Kier alpha value is -2.81. The van der Waals surface area contributed by atoms with Gasteiger partial charge in [0.1, 0.15) is 12.8 Å². The largest absolute Gasteiger partial charge is 0.486 e. The van der Waals surface area contributed by atoms with Gasteiger partial charge in [-0.2, -0.15) is 9.38 Å². The topological polar surface area (TPSA) is 82.1 Å². The zero-order chi connectivity index (χ0) is 16.7. The fourth-order valence-electron chi connectivity index (χ4n) is 2.73. The lowest BCUT2D eigenvalue weighted by Gasteiger charge is -2.29. The van der Waals surface area contributed by atoms with Crippen LogP contribution in [0.5, 0.6) is 11.5 Å². The second-order valence-corrected chi connectivity index (χ2v) is 6.32. The van der Waals surface area contributed by atoms with Crippen LogP contribution in [-0.2, 0) is 0 Å². The third kappa shape index (κ3) is 2.42. The summed E-state index contributed by atoms with van der Waals surface area (Å²) in [6.45, 7) is 0.817. The Bertz CT molecular complexity index is 906. The van der Waals surface area contributed by atoms with Gasteiger partial charge in [0.05, 0.1) is 6.54 Å². The van der Waals surface area contributed by atoms with E-state index < -0.39 is 4.92 Å². The highest BCUT2D eigenvalue weighted by molar-refractivity contribution is 7.15. The van der Waals surface area contributed by atoms with Crippen molar-refractivity contribution in [3.05, 3.63) is 46.0 Å². The Balaban J connectivity index is 1.57. The molecule has 1 aliphatic rings. The summed E-state index contributed by atoms with van der Waals surface area (Å²) < 4.78 is 13.1. The number of thiazole rings is 1. The summed E-state index contributed by atoms with van der Waals surface area (Å²) in [4.78, 5) is 17.7. The van der Waals surface area contributed by atoms with Crippen LogP contribution in [0.1, 0.15) is 0 Å². The zero-order valence-corrected chi connectivity index (χ0v) is 13.6. The van der Waals surface area contributed by atoms with E-state index in [2.05, 4.69) is 4.98 Å². The van der Waals surface area contributed by atoms with Crippen LogP contribution in [0.4, 0.5) is 11.6 Å². The first-order chi connectivity index (χ1) is 11.6. The van der Waals surface area contributed by atoms with Crippen LogP contribution in [-0.4, -0.2) is 40.6 Å². The normalized spacial score (nSPS) is 16.3. The molecular formula is C15H14N4O4S. The molecule has 0 N–H and O–H groups in total. The lowest BCUT2D eigenvalue weighted by Crippen LogP contribution is -2.39. The molecule has 0 saturated heterocycles. The molecule has 3 aromatic rings. The number of benzene rings is 1. The third-order valence-corrected chi connectivity index (χ3v) is 4.56. The molecule has 9 heteroatoms. The van der Waals surface area contributed by atoms with E-state index in [4.69, 9.17) is 9.47 Å². The Morgan fingerprint density at radius 3 is 3.04 bits per heavy atom. The molecule has 124 valence electrons. The highest BCUT2D eigenvalue weighted by Crippen LogP contribution is 2.33. The number of para-hydroxylation sites is 2. The predicted octanol–water partition coefficient (Wildman–Crippen LogP) is 2.58. The predicted molar refractivity (Wildman–Crippen MR) is 89.3 cm³/mol. The number of nitrogens with zero attached hydrogens (tertiary/aromatic N) is 4. The molecular weight excluding hydrogens is 332 g/mol. The van der Waals surface area contributed by atoms with Crippen molar-refractivity contribution in [2.24, 2.45) is 0 Å². The zero-order valence-electron chi connectivity index (χ0n) is 12.8. The lowest BCUT2D eigenvalue weighted by molar-refractivity contribution is -0.389. The number of imidazole rings is 1. The van der Waals surface area contributed by atoms with Crippen molar-refractivity contribution in [1.29, 1.82) is 0 Å². The van der Waals surface area contributed by atoms with Crippen molar-refractivity contribution in [1.82, 2.24) is 9.38 Å². The molecule has 8 nitrogen and oxygen atoms in total. The van der Waals surface area contributed by atoms with Gasteiger partial charge in [0.25, 0.3) is 4.96 Å². The fraction of sp³-hybridized carbons (Fsp3) is 0.267. The minimum absolute atomic E-state index is 0.0362. The quantitative estimate of drug-likeness (QED) is 0.533. The fourth-order valence-corrected chi connectivity index (χ4v) is 3.44. The van der Waals surface area contributed by atoms with Gasteiger partial charge in [-0.05, 0) is 17.1 Å². The van der Waals surface area contributed by atoms with E-state index in [0.717, 1.165) is 0 Å². The number of aromatic nitrogens is 2. The number of anilines is 1. The lowest BCUT2D eigenvalue weighted by atomic mass is 10.2. The highest BCUT2D eigenvalue weighted by Gasteiger charge is 2.29. The summed E-state index contributed by atoms with van der Waals surface area (Å²) in [5, 5.41) is 13.2. The Kier molecular flexibility index (Phi) is 3.49. The average molecular weight is 346 g/mol. The van der Waals surface area contributed by atoms with Gasteiger partial charge in [-0.1, -0.05) is 23.5 Å². The number of likely N-dealkylation sites (N-methyl/N-ethyl adjacent to an activating group) is 1. The van der Waals surface area contributed by atoms with Gasteiger partial charge in [0.2, 0.25) is 5.82 Å². The maximum Gasteiger partial charge on any atom is 0.373 e. The van der Waals surface area contributed by atoms with Crippen LogP contribution in [0, 0.1) is 10.1 Å². The Morgan fingerprint density at radius 1 is 1.46 bits per heavy atom. The van der Waals surface area contributed by atoms with E-state index >= 15 is 0 Å². The van der Waals surface area contributed by atoms with E-state index in [1.807, 2.05) is 24.3 Å². The minimum Gasteiger partial charge on any atom is -0.486 e. The van der Waals surface area contributed by atoms with Gasteiger partial charge in [0, 0.05) is 12.4 Å². The van der Waals surface area contributed by atoms with Crippen LogP contribution in [0.15, 0.2) is 35.8 Å². The summed E-state index contributed by atoms with van der Waals surface area (Å²) >= 11 is 1.36. The van der Waals surface area contributed by atoms with Gasteiger partial charge >= 0.3 is 5.82 Å². The summed E-state index contributed by atoms with van der Waals surface area (Å²) in [5.41, 5.74) is 0. The van der Waals surface area contributed by atoms with Crippen molar-refractivity contribution >= 4 is 27.9 Å². The van der Waals surface area contributed by atoms with Crippen LogP contribution in [0.3, 0.4) is 0 Å². The number of fused-ring (bicyclic) bond motifs is 2. The molecule has 0 unspecified atom stereocenters. The minimum atomic E-state index is -0.411. The molecule has 1 aromatic carbocycles. The number of ether oxygens (including phenoxy) is 2.